The summed E-state index contributed by atoms with van der Waals surface area (Å²) in [7, 11) is 0. The molecule has 3 rings (SSSR count). The number of hydrogen-bond acceptors (Lipinski definition) is 2. The van der Waals surface area contributed by atoms with E-state index in [1.807, 2.05) is 0 Å². The molecule has 2 heteroatoms. The number of hydrogen-bond donors (Lipinski definition) is 0. The molecule has 2 nitrogen and oxygen atoms in total. The van der Waals surface area contributed by atoms with Crippen molar-refractivity contribution in [2.45, 2.75) is 230 Å². The highest BCUT2D eigenvalue weighted by atomic mass is 16.5. The minimum atomic E-state index is -0.102. The van der Waals surface area contributed by atoms with Gasteiger partial charge in [0, 0.05) is 0 Å². The van der Waals surface area contributed by atoms with Crippen molar-refractivity contribution in [2.75, 3.05) is 0 Å². The van der Waals surface area contributed by atoms with Crippen LogP contribution in [0.2, 0.25) is 0 Å². The maximum absolute atomic E-state index is 6.43. The van der Waals surface area contributed by atoms with Gasteiger partial charge in [-0.3, -0.25) is 0 Å². The Kier molecular flexibility index (Phi) is 10.5. The van der Waals surface area contributed by atoms with E-state index in [0.29, 0.717) is 27.1 Å². The second-order valence-corrected chi connectivity index (χ2v) is 24.1. The van der Waals surface area contributed by atoms with Gasteiger partial charge in [0.15, 0.2) is 0 Å². The van der Waals surface area contributed by atoms with Crippen LogP contribution >= 0.6 is 0 Å². The molecule has 0 aromatic carbocycles. The van der Waals surface area contributed by atoms with E-state index in [0.717, 1.165) is 0 Å². The summed E-state index contributed by atoms with van der Waals surface area (Å²) in [5.74, 6) is 0. The lowest BCUT2D eigenvalue weighted by Gasteiger charge is -2.69. The molecule has 0 bridgehead atoms. The number of ether oxygens (including phenoxy) is 2. The van der Waals surface area contributed by atoms with Crippen LogP contribution in [0.25, 0.3) is 0 Å². The maximum atomic E-state index is 6.43. The minimum Gasteiger partial charge on any atom is -0.369 e. The molecule has 2 aliphatic heterocycles. The molecular weight excluding hydrogens is 572 g/mol. The molecule has 2 heterocycles. The van der Waals surface area contributed by atoms with Crippen LogP contribution in [0, 0.1) is 59.6 Å². The van der Waals surface area contributed by atoms with Gasteiger partial charge in [-0.15, -0.1) is 0 Å². The molecule has 0 spiro atoms. The van der Waals surface area contributed by atoms with Gasteiger partial charge in [0.05, 0.1) is 22.4 Å². The molecule has 1 aliphatic carbocycles. The van der Waals surface area contributed by atoms with Gasteiger partial charge in [-0.1, -0.05) is 152 Å². The van der Waals surface area contributed by atoms with Crippen molar-refractivity contribution in [3.8, 4) is 0 Å². The Morgan fingerprint density at radius 2 is 0.234 bits per heavy atom. The molecule has 0 aromatic heterocycles. The van der Waals surface area contributed by atoms with Crippen molar-refractivity contribution >= 4 is 0 Å². The van der Waals surface area contributed by atoms with Gasteiger partial charge >= 0.3 is 0 Å². The molecule has 282 valence electrons. The van der Waals surface area contributed by atoms with Gasteiger partial charge in [-0.25, -0.2) is 0 Å². The van der Waals surface area contributed by atoms with Crippen molar-refractivity contribution in [3.05, 3.63) is 0 Å². The smallest absolute Gasteiger partial charge is 0.0690 e. The highest BCUT2D eigenvalue weighted by molar-refractivity contribution is 5.19. The fourth-order valence-corrected chi connectivity index (χ4v) is 10.3. The third-order valence-corrected chi connectivity index (χ3v) is 21.1. The molecule has 1 saturated carbocycles. The van der Waals surface area contributed by atoms with E-state index >= 15 is 0 Å². The molecule has 0 unspecified atom stereocenters. The first-order valence-corrected chi connectivity index (χ1v) is 19.1. The molecule has 0 N–H and O–H groups in total. The Balaban J connectivity index is 0.000000353. The summed E-state index contributed by atoms with van der Waals surface area (Å²) >= 11 is 0. The van der Waals surface area contributed by atoms with E-state index in [1.165, 1.54) is 0 Å². The minimum absolute atomic E-state index is 0.102. The summed E-state index contributed by atoms with van der Waals surface area (Å²) in [4.78, 5) is 0. The molecular formula is C45H90O2. The normalized spacial score (nSPS) is 33.6. The lowest BCUT2D eigenvalue weighted by molar-refractivity contribution is -0.323. The molecule has 0 aromatic rings. The SMILES string of the molecule is CC1(C)C(C)(C)C(C)(C)C(C)(C)C1(C)C.CC1(C)OC(C)(C)C(C)(C)C(C)(C)C1(C)C.CC1(C)OC(C)(C)C(C)(C)C(C)(C)C1(C)C. The van der Waals surface area contributed by atoms with Gasteiger partial charge in [0.2, 0.25) is 0 Å². The fourth-order valence-electron chi connectivity index (χ4n) is 10.3. The zero-order valence-corrected chi connectivity index (χ0v) is 38.3. The van der Waals surface area contributed by atoms with Gasteiger partial charge in [0.25, 0.3) is 0 Å². The van der Waals surface area contributed by atoms with Crippen LogP contribution in [0.4, 0.5) is 0 Å². The van der Waals surface area contributed by atoms with Crippen LogP contribution in [0.15, 0.2) is 0 Å². The Morgan fingerprint density at radius 1 is 0.149 bits per heavy atom. The van der Waals surface area contributed by atoms with E-state index in [4.69, 9.17) is 9.47 Å². The second kappa shape index (κ2) is 11.0. The van der Waals surface area contributed by atoms with Crippen LogP contribution in [0.5, 0.6) is 0 Å². The first-order valence-electron chi connectivity index (χ1n) is 19.1. The van der Waals surface area contributed by atoms with E-state index in [2.05, 4.69) is 208 Å². The summed E-state index contributed by atoms with van der Waals surface area (Å²) in [5, 5.41) is 0. The van der Waals surface area contributed by atoms with Gasteiger partial charge < -0.3 is 9.47 Å². The average Bonchev–Trinajstić information content (AvgIpc) is 2.84. The second-order valence-electron chi connectivity index (χ2n) is 24.1. The Hall–Kier alpha value is -0.0800. The van der Waals surface area contributed by atoms with E-state index in [1.54, 1.807) is 0 Å². The summed E-state index contributed by atoms with van der Waals surface area (Å²) < 4.78 is 12.9. The monoisotopic (exact) mass is 663 g/mol. The van der Waals surface area contributed by atoms with Crippen molar-refractivity contribution < 1.29 is 9.47 Å². The highest BCUT2D eigenvalue weighted by Crippen LogP contribution is 2.77. The quantitative estimate of drug-likeness (QED) is 0.257. The van der Waals surface area contributed by atoms with Crippen molar-refractivity contribution in [2.24, 2.45) is 59.6 Å². The lowest BCUT2D eigenvalue weighted by atomic mass is 9.44. The predicted octanol–water partition coefficient (Wildman–Crippen LogP) is 14.4. The maximum Gasteiger partial charge on any atom is 0.0690 e. The van der Waals surface area contributed by atoms with Crippen LogP contribution in [-0.4, -0.2) is 22.4 Å². The first-order chi connectivity index (χ1) is 19.7. The molecule has 2 saturated heterocycles. The van der Waals surface area contributed by atoms with Gasteiger partial charge in [0.1, 0.15) is 0 Å². The molecule has 0 amide bonds. The lowest BCUT2D eigenvalue weighted by Crippen LogP contribution is -2.69. The molecule has 0 atom stereocenters. The highest BCUT2D eigenvalue weighted by Gasteiger charge is 2.71. The van der Waals surface area contributed by atoms with Crippen molar-refractivity contribution in [3.63, 3.8) is 0 Å². The molecule has 3 aliphatic rings. The molecule has 3 fully saturated rings. The Morgan fingerprint density at radius 3 is 0.340 bits per heavy atom. The zero-order valence-electron chi connectivity index (χ0n) is 38.3. The summed E-state index contributed by atoms with van der Waals surface area (Å²) in [6.07, 6.45) is 0. The Bertz CT molecular complexity index is 945. The fraction of sp³-hybridized carbons (Fsp3) is 1.00. The Labute approximate surface area is 298 Å². The molecule has 0 radical (unpaired) electrons. The summed E-state index contributed by atoms with van der Waals surface area (Å²) in [6, 6.07) is 0. The van der Waals surface area contributed by atoms with Crippen LogP contribution in [0.1, 0.15) is 208 Å². The third kappa shape index (κ3) is 5.33. The van der Waals surface area contributed by atoms with Crippen LogP contribution in [-0.2, 0) is 9.47 Å². The summed E-state index contributed by atoms with van der Waals surface area (Å²) in [6.45, 7) is 70.6. The molecule has 47 heavy (non-hydrogen) atoms. The topological polar surface area (TPSA) is 18.5 Å². The van der Waals surface area contributed by atoms with E-state index < -0.39 is 0 Å². The van der Waals surface area contributed by atoms with Crippen LogP contribution < -0.4 is 0 Å². The standard InChI is InChI=1S/2C15H30O.C15H30/c2*1-11(2)12(3,4)14(7,8)16-15(9,10)13(11,5)6;1-11(2)12(3,4)14(7,8)15(9,10)13(11,5)6/h2*1-10H3;1-10H3. The number of rotatable bonds is 0. The van der Waals surface area contributed by atoms with Crippen molar-refractivity contribution in [1.82, 2.24) is 0 Å². The predicted molar refractivity (Wildman–Crippen MR) is 210 cm³/mol. The first kappa shape index (κ1) is 44.9. The third-order valence-electron chi connectivity index (χ3n) is 21.1. The van der Waals surface area contributed by atoms with E-state index in [9.17, 15) is 0 Å². The van der Waals surface area contributed by atoms with Crippen LogP contribution in [0.3, 0.4) is 0 Å². The average molecular weight is 663 g/mol. The van der Waals surface area contributed by atoms with Gasteiger partial charge in [-0.2, -0.15) is 0 Å². The zero-order chi connectivity index (χ0) is 38.9. The van der Waals surface area contributed by atoms with Crippen molar-refractivity contribution in [1.29, 1.82) is 0 Å². The summed E-state index contributed by atoms with van der Waals surface area (Å²) in [5.41, 5.74) is 2.34. The van der Waals surface area contributed by atoms with Gasteiger partial charge in [-0.05, 0) is 115 Å². The van der Waals surface area contributed by atoms with E-state index in [-0.39, 0.29) is 54.9 Å². The largest absolute Gasteiger partial charge is 0.369 e.